The molecule has 0 aliphatic heterocycles. The molecule has 21 heavy (non-hydrogen) atoms. The molecule has 0 amide bonds. The quantitative estimate of drug-likeness (QED) is 0.771. The van der Waals surface area contributed by atoms with Gasteiger partial charge in [0, 0.05) is 17.1 Å². The maximum Gasteiger partial charge on any atom is 0.241 e. The van der Waals surface area contributed by atoms with Crippen LogP contribution in [0.15, 0.2) is 21.5 Å². The van der Waals surface area contributed by atoms with E-state index < -0.39 is 10.0 Å². The van der Waals surface area contributed by atoms with Crippen molar-refractivity contribution in [3.05, 3.63) is 27.7 Å². The lowest BCUT2D eigenvalue weighted by Crippen LogP contribution is -2.27. The van der Waals surface area contributed by atoms with Crippen LogP contribution in [-0.4, -0.2) is 21.5 Å². The summed E-state index contributed by atoms with van der Waals surface area (Å²) in [5.74, 6) is 0.505. The van der Waals surface area contributed by atoms with E-state index in [-0.39, 0.29) is 6.04 Å². The highest BCUT2D eigenvalue weighted by Gasteiger charge is 2.39. The topological polar surface area (TPSA) is 58.2 Å². The second-order valence-corrected chi connectivity index (χ2v) is 8.24. The van der Waals surface area contributed by atoms with E-state index in [1.165, 1.54) is 0 Å². The SMILES string of the molecule is CCCC1CC1NS(=O)(=O)c1cc(CNC)cc(C)c1Br. The average molecular weight is 375 g/mol. The molecular weight excluding hydrogens is 352 g/mol. The van der Waals surface area contributed by atoms with Crippen LogP contribution in [-0.2, 0) is 16.6 Å². The molecule has 0 heterocycles. The molecule has 0 radical (unpaired) electrons. The summed E-state index contributed by atoms with van der Waals surface area (Å²) in [6.07, 6.45) is 3.15. The summed E-state index contributed by atoms with van der Waals surface area (Å²) in [7, 11) is -1.62. The highest BCUT2D eigenvalue weighted by atomic mass is 79.9. The molecule has 0 saturated heterocycles. The van der Waals surface area contributed by atoms with Crippen LogP contribution in [0.25, 0.3) is 0 Å². The van der Waals surface area contributed by atoms with Crippen LogP contribution in [0.3, 0.4) is 0 Å². The first kappa shape index (κ1) is 16.9. The van der Waals surface area contributed by atoms with E-state index in [0.717, 1.165) is 30.4 Å². The van der Waals surface area contributed by atoms with E-state index in [2.05, 4.69) is 32.9 Å². The maximum atomic E-state index is 12.6. The number of halogens is 1. The zero-order valence-corrected chi connectivity index (χ0v) is 15.1. The van der Waals surface area contributed by atoms with E-state index in [4.69, 9.17) is 0 Å². The predicted molar refractivity (Wildman–Crippen MR) is 88.8 cm³/mol. The van der Waals surface area contributed by atoms with Gasteiger partial charge in [-0.1, -0.05) is 19.4 Å². The normalized spacial score (nSPS) is 21.5. The Hall–Kier alpha value is -0.430. The number of benzene rings is 1. The lowest BCUT2D eigenvalue weighted by atomic mass is 10.1. The summed E-state index contributed by atoms with van der Waals surface area (Å²) < 4.78 is 28.7. The van der Waals surface area contributed by atoms with E-state index in [1.807, 2.05) is 20.0 Å². The number of rotatable bonds is 7. The van der Waals surface area contributed by atoms with Crippen molar-refractivity contribution in [3.8, 4) is 0 Å². The highest BCUT2D eigenvalue weighted by Crippen LogP contribution is 2.36. The predicted octanol–water partition coefficient (Wildman–Crippen LogP) is 2.94. The largest absolute Gasteiger partial charge is 0.316 e. The smallest absolute Gasteiger partial charge is 0.241 e. The van der Waals surface area contributed by atoms with Crippen molar-refractivity contribution >= 4 is 26.0 Å². The molecule has 2 N–H and O–H groups in total. The van der Waals surface area contributed by atoms with Crippen molar-refractivity contribution in [1.29, 1.82) is 0 Å². The molecule has 2 atom stereocenters. The summed E-state index contributed by atoms with van der Waals surface area (Å²) in [5.41, 5.74) is 1.91. The van der Waals surface area contributed by atoms with Crippen molar-refractivity contribution in [2.24, 2.45) is 5.92 Å². The monoisotopic (exact) mass is 374 g/mol. The van der Waals surface area contributed by atoms with Gasteiger partial charge in [0.15, 0.2) is 0 Å². The van der Waals surface area contributed by atoms with Gasteiger partial charge in [0.05, 0.1) is 4.90 Å². The molecule has 1 aromatic rings. The van der Waals surface area contributed by atoms with Gasteiger partial charge in [0.1, 0.15) is 0 Å². The van der Waals surface area contributed by atoms with Crippen LogP contribution in [0.2, 0.25) is 0 Å². The van der Waals surface area contributed by atoms with Crippen LogP contribution >= 0.6 is 15.9 Å². The van der Waals surface area contributed by atoms with Gasteiger partial charge in [0.2, 0.25) is 10.0 Å². The molecule has 118 valence electrons. The fourth-order valence-corrected chi connectivity index (χ4v) is 5.04. The first-order chi connectivity index (χ1) is 9.89. The van der Waals surface area contributed by atoms with Gasteiger partial charge < -0.3 is 5.32 Å². The molecular formula is C15H23BrN2O2S. The zero-order chi connectivity index (χ0) is 15.6. The Kier molecular flexibility index (Phi) is 5.46. The summed E-state index contributed by atoms with van der Waals surface area (Å²) in [6.45, 7) is 4.70. The second-order valence-electron chi connectivity index (χ2n) is 5.77. The molecule has 2 unspecified atom stereocenters. The zero-order valence-electron chi connectivity index (χ0n) is 12.7. The molecule has 0 bridgehead atoms. The van der Waals surface area contributed by atoms with Gasteiger partial charge in [-0.25, -0.2) is 13.1 Å². The molecule has 2 rings (SSSR count). The Labute approximate surface area is 135 Å². The maximum absolute atomic E-state index is 12.6. The molecule has 1 saturated carbocycles. The van der Waals surface area contributed by atoms with Gasteiger partial charge >= 0.3 is 0 Å². The molecule has 6 heteroatoms. The molecule has 0 aromatic heterocycles. The molecule has 1 aliphatic rings. The van der Waals surface area contributed by atoms with Crippen LogP contribution in [0.4, 0.5) is 0 Å². The third-order valence-corrected chi connectivity index (χ3v) is 6.67. The Morgan fingerprint density at radius 3 is 2.71 bits per heavy atom. The minimum Gasteiger partial charge on any atom is -0.316 e. The second kappa shape index (κ2) is 6.77. The van der Waals surface area contributed by atoms with Gasteiger partial charge in [0.25, 0.3) is 0 Å². The van der Waals surface area contributed by atoms with Crippen molar-refractivity contribution in [3.63, 3.8) is 0 Å². The number of nitrogens with one attached hydrogen (secondary N) is 2. The lowest BCUT2D eigenvalue weighted by Gasteiger charge is -2.12. The minimum atomic E-state index is -3.47. The van der Waals surface area contributed by atoms with Gasteiger partial charge in [-0.2, -0.15) is 0 Å². The van der Waals surface area contributed by atoms with Gasteiger partial charge in [-0.3, -0.25) is 0 Å². The van der Waals surface area contributed by atoms with Crippen molar-refractivity contribution in [2.45, 2.75) is 50.6 Å². The van der Waals surface area contributed by atoms with Crippen LogP contribution < -0.4 is 10.0 Å². The molecule has 0 spiro atoms. The summed E-state index contributed by atoms with van der Waals surface area (Å²) in [6, 6.07) is 3.85. The van der Waals surface area contributed by atoms with E-state index >= 15 is 0 Å². The number of aryl methyl sites for hydroxylation is 1. The van der Waals surface area contributed by atoms with Crippen molar-refractivity contribution < 1.29 is 8.42 Å². The summed E-state index contributed by atoms with van der Waals surface area (Å²) in [4.78, 5) is 0.342. The van der Waals surface area contributed by atoms with Crippen LogP contribution in [0, 0.1) is 12.8 Å². The first-order valence-corrected chi connectivity index (χ1v) is 9.62. The number of hydrogen-bond donors (Lipinski definition) is 2. The molecule has 4 nitrogen and oxygen atoms in total. The Morgan fingerprint density at radius 2 is 2.10 bits per heavy atom. The fraction of sp³-hybridized carbons (Fsp3) is 0.600. The van der Waals surface area contributed by atoms with E-state index in [9.17, 15) is 8.42 Å². The van der Waals surface area contributed by atoms with Gasteiger partial charge in [-0.15, -0.1) is 0 Å². The number of sulfonamides is 1. The molecule has 1 aliphatic carbocycles. The fourth-order valence-electron chi connectivity index (χ4n) is 2.66. The molecule has 1 fully saturated rings. The molecule has 1 aromatic carbocycles. The van der Waals surface area contributed by atoms with Gasteiger partial charge in [-0.05, 0) is 65.9 Å². The Morgan fingerprint density at radius 1 is 1.38 bits per heavy atom. The Bertz CT molecular complexity index is 616. The summed E-state index contributed by atoms with van der Waals surface area (Å²) in [5, 5.41) is 3.06. The van der Waals surface area contributed by atoms with Crippen molar-refractivity contribution in [2.75, 3.05) is 7.05 Å². The van der Waals surface area contributed by atoms with E-state index in [0.29, 0.717) is 21.8 Å². The Balaban J connectivity index is 2.23. The standard InChI is InChI=1S/C15H23BrN2O2S/c1-4-5-12-8-13(12)18-21(19,20)14-7-11(9-17-3)6-10(2)15(14)16/h6-7,12-13,17-18H,4-5,8-9H2,1-3H3. The third-order valence-electron chi connectivity index (χ3n) is 3.84. The first-order valence-electron chi connectivity index (χ1n) is 7.35. The van der Waals surface area contributed by atoms with Crippen LogP contribution in [0.1, 0.15) is 37.3 Å². The third kappa shape index (κ3) is 4.06. The van der Waals surface area contributed by atoms with E-state index in [1.54, 1.807) is 6.07 Å². The minimum absolute atomic E-state index is 0.107. The lowest BCUT2D eigenvalue weighted by molar-refractivity contribution is 0.572. The van der Waals surface area contributed by atoms with Crippen LogP contribution in [0.5, 0.6) is 0 Å². The summed E-state index contributed by atoms with van der Waals surface area (Å²) >= 11 is 3.42. The number of hydrogen-bond acceptors (Lipinski definition) is 3. The highest BCUT2D eigenvalue weighted by molar-refractivity contribution is 9.10. The van der Waals surface area contributed by atoms with Crippen molar-refractivity contribution in [1.82, 2.24) is 10.0 Å². The average Bonchev–Trinajstić information content (AvgIpc) is 3.11.